The van der Waals surface area contributed by atoms with Crippen LogP contribution >= 0.6 is 11.8 Å². The SMILES string of the molecule is NC12CCC(C(=O)NCl)(CC1)CC2. The van der Waals surface area contributed by atoms with Crippen molar-refractivity contribution in [3.8, 4) is 0 Å². The first-order valence-electron chi connectivity index (χ1n) is 4.80. The molecular weight excluding hydrogens is 188 g/mol. The van der Waals surface area contributed by atoms with E-state index in [1.807, 2.05) is 0 Å². The van der Waals surface area contributed by atoms with Gasteiger partial charge in [0.05, 0.1) is 5.41 Å². The molecular formula is C9H15ClN2O. The van der Waals surface area contributed by atoms with E-state index in [4.69, 9.17) is 17.5 Å². The molecule has 13 heavy (non-hydrogen) atoms. The number of rotatable bonds is 1. The lowest BCUT2D eigenvalue weighted by Gasteiger charge is -2.50. The lowest BCUT2D eigenvalue weighted by atomic mass is 9.57. The van der Waals surface area contributed by atoms with E-state index in [0.29, 0.717) is 0 Å². The molecule has 3 aliphatic rings. The molecule has 0 heterocycles. The van der Waals surface area contributed by atoms with Crippen molar-refractivity contribution in [2.45, 2.75) is 44.1 Å². The number of nitrogens with one attached hydrogen (secondary N) is 1. The summed E-state index contributed by atoms with van der Waals surface area (Å²) in [7, 11) is 0. The minimum atomic E-state index is -0.192. The Bertz CT molecular complexity index is 217. The Balaban J connectivity index is 2.15. The summed E-state index contributed by atoms with van der Waals surface area (Å²) in [5.74, 6) is -0.00378. The summed E-state index contributed by atoms with van der Waals surface area (Å²) < 4.78 is 0. The van der Waals surface area contributed by atoms with Crippen LogP contribution in [0.5, 0.6) is 0 Å². The van der Waals surface area contributed by atoms with Gasteiger partial charge in [-0.15, -0.1) is 0 Å². The minimum absolute atomic E-state index is 0.00378. The van der Waals surface area contributed by atoms with E-state index in [1.54, 1.807) is 0 Å². The van der Waals surface area contributed by atoms with E-state index in [2.05, 4.69) is 4.84 Å². The zero-order valence-corrected chi connectivity index (χ0v) is 8.36. The van der Waals surface area contributed by atoms with Crippen LogP contribution < -0.4 is 10.6 Å². The fourth-order valence-electron chi connectivity index (χ4n) is 2.66. The highest BCUT2D eigenvalue weighted by atomic mass is 35.5. The molecule has 4 heteroatoms. The van der Waals surface area contributed by atoms with Crippen molar-refractivity contribution in [2.75, 3.05) is 0 Å². The van der Waals surface area contributed by atoms with Crippen molar-refractivity contribution >= 4 is 17.7 Å². The van der Waals surface area contributed by atoms with E-state index >= 15 is 0 Å². The summed E-state index contributed by atoms with van der Waals surface area (Å²) in [5, 5.41) is 0. The Morgan fingerprint density at radius 1 is 1.15 bits per heavy atom. The Morgan fingerprint density at radius 2 is 1.62 bits per heavy atom. The van der Waals surface area contributed by atoms with Gasteiger partial charge in [-0.2, -0.15) is 0 Å². The maximum Gasteiger partial charge on any atom is 0.240 e. The molecule has 3 N–H and O–H groups in total. The van der Waals surface area contributed by atoms with E-state index in [-0.39, 0.29) is 16.9 Å². The lowest BCUT2D eigenvalue weighted by Crippen LogP contribution is -2.55. The Kier molecular flexibility index (Phi) is 2.04. The van der Waals surface area contributed by atoms with Gasteiger partial charge in [0.25, 0.3) is 0 Å². The van der Waals surface area contributed by atoms with Crippen LogP contribution in [0.2, 0.25) is 0 Å². The first-order chi connectivity index (χ1) is 6.10. The molecule has 2 bridgehead atoms. The molecule has 0 aromatic carbocycles. The van der Waals surface area contributed by atoms with E-state index in [9.17, 15) is 4.79 Å². The van der Waals surface area contributed by atoms with Gasteiger partial charge in [-0.1, -0.05) is 0 Å². The Morgan fingerprint density at radius 3 is 2.00 bits per heavy atom. The second kappa shape index (κ2) is 2.85. The summed E-state index contributed by atoms with van der Waals surface area (Å²) in [6.07, 6.45) is 5.62. The Hall–Kier alpha value is -0.280. The normalized spacial score (nSPS) is 43.2. The van der Waals surface area contributed by atoms with Gasteiger partial charge in [0, 0.05) is 17.3 Å². The summed E-state index contributed by atoms with van der Waals surface area (Å²) in [4.78, 5) is 13.8. The number of hydrogen-bond acceptors (Lipinski definition) is 2. The summed E-state index contributed by atoms with van der Waals surface area (Å²) >= 11 is 5.37. The highest BCUT2D eigenvalue weighted by Crippen LogP contribution is 2.51. The van der Waals surface area contributed by atoms with Gasteiger partial charge in [0.1, 0.15) is 0 Å². The smallest absolute Gasteiger partial charge is 0.240 e. The van der Waals surface area contributed by atoms with Crippen molar-refractivity contribution in [3.63, 3.8) is 0 Å². The van der Waals surface area contributed by atoms with Gasteiger partial charge in [-0.3, -0.25) is 9.63 Å². The van der Waals surface area contributed by atoms with Crippen LogP contribution in [0.3, 0.4) is 0 Å². The number of hydrogen-bond donors (Lipinski definition) is 2. The van der Waals surface area contributed by atoms with Crippen LogP contribution in [0.25, 0.3) is 0 Å². The highest BCUT2D eigenvalue weighted by molar-refractivity contribution is 6.22. The van der Waals surface area contributed by atoms with Crippen molar-refractivity contribution in [3.05, 3.63) is 0 Å². The standard InChI is InChI=1S/C9H15ClN2O/c10-12-7(13)8-1-4-9(11,5-2-8)6-3-8/h1-6,11H2,(H,12,13). The third-order valence-electron chi connectivity index (χ3n) is 3.87. The first-order valence-corrected chi connectivity index (χ1v) is 5.18. The number of fused-ring (bicyclic) bond motifs is 3. The van der Waals surface area contributed by atoms with Gasteiger partial charge in [-0.05, 0) is 38.5 Å². The maximum atomic E-state index is 11.6. The first kappa shape index (κ1) is 9.28. The van der Waals surface area contributed by atoms with Crippen molar-refractivity contribution in [1.29, 1.82) is 0 Å². The molecule has 0 saturated heterocycles. The lowest BCUT2D eigenvalue weighted by molar-refractivity contribution is -0.135. The molecule has 3 nitrogen and oxygen atoms in total. The molecule has 0 unspecified atom stereocenters. The fourth-order valence-corrected chi connectivity index (χ4v) is 2.86. The second-order valence-electron chi connectivity index (χ2n) is 4.57. The van der Waals surface area contributed by atoms with E-state index in [1.165, 1.54) is 0 Å². The molecule has 3 fully saturated rings. The number of amides is 1. The monoisotopic (exact) mass is 202 g/mol. The van der Waals surface area contributed by atoms with E-state index in [0.717, 1.165) is 38.5 Å². The molecule has 74 valence electrons. The topological polar surface area (TPSA) is 55.1 Å². The molecule has 0 aliphatic heterocycles. The molecule has 3 saturated carbocycles. The average molecular weight is 203 g/mol. The molecule has 0 radical (unpaired) electrons. The molecule has 0 aromatic rings. The van der Waals surface area contributed by atoms with Gasteiger partial charge in [-0.25, -0.2) is 0 Å². The molecule has 0 atom stereocenters. The maximum absolute atomic E-state index is 11.6. The van der Waals surface area contributed by atoms with Crippen LogP contribution in [0.15, 0.2) is 0 Å². The zero-order valence-electron chi connectivity index (χ0n) is 7.61. The molecule has 1 amide bonds. The quantitative estimate of drug-likeness (QED) is 0.630. The second-order valence-corrected chi connectivity index (χ2v) is 4.76. The highest BCUT2D eigenvalue weighted by Gasteiger charge is 2.50. The van der Waals surface area contributed by atoms with Crippen LogP contribution in [-0.4, -0.2) is 11.4 Å². The van der Waals surface area contributed by atoms with Crippen LogP contribution in [0, 0.1) is 5.41 Å². The zero-order chi connectivity index (χ0) is 9.53. The van der Waals surface area contributed by atoms with Gasteiger partial charge in [0.15, 0.2) is 0 Å². The number of carbonyl (C=O) groups is 1. The fraction of sp³-hybridized carbons (Fsp3) is 0.889. The van der Waals surface area contributed by atoms with Crippen molar-refractivity contribution < 1.29 is 4.79 Å². The average Bonchev–Trinajstić information content (AvgIpc) is 2.18. The summed E-state index contributed by atoms with van der Waals surface area (Å²) in [6.45, 7) is 0. The van der Waals surface area contributed by atoms with Crippen molar-refractivity contribution in [2.24, 2.45) is 11.1 Å². The number of carbonyl (C=O) groups excluding carboxylic acids is 1. The number of halogens is 1. The number of nitrogens with two attached hydrogens (primary N) is 1. The van der Waals surface area contributed by atoms with Gasteiger partial charge >= 0.3 is 0 Å². The summed E-state index contributed by atoms with van der Waals surface area (Å²) in [5.41, 5.74) is 5.96. The minimum Gasteiger partial charge on any atom is -0.325 e. The van der Waals surface area contributed by atoms with Gasteiger partial charge < -0.3 is 5.73 Å². The third kappa shape index (κ3) is 1.34. The van der Waals surface area contributed by atoms with Crippen molar-refractivity contribution in [1.82, 2.24) is 4.84 Å². The predicted octanol–water partition coefficient (Wildman–Crippen LogP) is 1.31. The van der Waals surface area contributed by atoms with Crippen LogP contribution in [0.1, 0.15) is 38.5 Å². The largest absolute Gasteiger partial charge is 0.325 e. The predicted molar refractivity (Wildman–Crippen MR) is 51.0 cm³/mol. The summed E-state index contributed by atoms with van der Waals surface area (Å²) in [6, 6.07) is 0. The van der Waals surface area contributed by atoms with Crippen LogP contribution in [-0.2, 0) is 4.79 Å². The van der Waals surface area contributed by atoms with E-state index < -0.39 is 0 Å². The molecule has 0 aromatic heterocycles. The van der Waals surface area contributed by atoms with Gasteiger partial charge in [0.2, 0.25) is 5.91 Å². The molecule has 3 aliphatic carbocycles. The third-order valence-corrected chi connectivity index (χ3v) is 4.04. The molecule has 3 rings (SSSR count). The van der Waals surface area contributed by atoms with Crippen LogP contribution in [0.4, 0.5) is 0 Å². The molecule has 0 spiro atoms. The Labute approximate surface area is 83.1 Å².